The number of nitrogens with zero attached hydrogens (tertiary/aromatic N) is 1. The number of hydrogen-bond donors (Lipinski definition) is 1. The summed E-state index contributed by atoms with van der Waals surface area (Å²) in [5, 5.41) is 1.59. The minimum Gasteiger partial charge on any atom is -0.347 e. The summed E-state index contributed by atoms with van der Waals surface area (Å²) >= 11 is 1.75. The SMILES string of the molecule is CC(C)Cn1cc(CCNSC(C)C)c2cc(F)c(-c3ccccc3)cc21. The summed E-state index contributed by atoms with van der Waals surface area (Å²) in [6.07, 6.45) is 3.10. The molecule has 2 nitrogen and oxygen atoms in total. The van der Waals surface area contributed by atoms with Crippen LogP contribution in [0, 0.1) is 11.7 Å². The Balaban J connectivity index is 1.98. The lowest BCUT2D eigenvalue weighted by atomic mass is 10.0. The van der Waals surface area contributed by atoms with Crippen molar-refractivity contribution in [2.75, 3.05) is 6.54 Å². The van der Waals surface area contributed by atoms with Crippen LogP contribution in [-0.2, 0) is 13.0 Å². The average molecular weight is 385 g/mol. The standard InChI is InChI=1S/C23H29FN2S/c1-16(2)14-26-15-19(10-11-25-27-17(3)4)21-12-22(24)20(13-23(21)26)18-8-6-5-7-9-18/h5-9,12-13,15-17,25H,10-11,14H2,1-4H3. The third kappa shape index (κ3) is 4.94. The quantitative estimate of drug-likeness (QED) is 0.363. The molecule has 0 aliphatic heterocycles. The Morgan fingerprint density at radius 3 is 2.48 bits per heavy atom. The van der Waals surface area contributed by atoms with Crippen molar-refractivity contribution >= 4 is 22.9 Å². The van der Waals surface area contributed by atoms with Crippen LogP contribution < -0.4 is 4.72 Å². The van der Waals surface area contributed by atoms with Crippen molar-refractivity contribution in [2.24, 2.45) is 5.92 Å². The summed E-state index contributed by atoms with van der Waals surface area (Å²) in [5.74, 6) is 0.384. The highest BCUT2D eigenvalue weighted by molar-refractivity contribution is 7.97. The van der Waals surface area contributed by atoms with Gasteiger partial charge in [0, 0.05) is 41.0 Å². The molecule has 144 valence electrons. The molecule has 4 heteroatoms. The molecule has 0 amide bonds. The van der Waals surface area contributed by atoms with E-state index >= 15 is 0 Å². The summed E-state index contributed by atoms with van der Waals surface area (Å²) < 4.78 is 20.6. The Labute approximate surface area is 166 Å². The first kappa shape index (κ1) is 20.0. The maximum absolute atomic E-state index is 14.9. The fourth-order valence-electron chi connectivity index (χ4n) is 3.38. The van der Waals surface area contributed by atoms with Gasteiger partial charge in [-0.3, -0.25) is 4.72 Å². The van der Waals surface area contributed by atoms with Crippen LogP contribution >= 0.6 is 11.9 Å². The molecule has 1 N–H and O–H groups in total. The van der Waals surface area contributed by atoms with E-state index in [0.29, 0.717) is 16.7 Å². The second-order valence-corrected chi connectivity index (χ2v) is 9.19. The van der Waals surface area contributed by atoms with Gasteiger partial charge in [0.2, 0.25) is 0 Å². The normalized spacial score (nSPS) is 11.8. The van der Waals surface area contributed by atoms with Gasteiger partial charge < -0.3 is 4.57 Å². The largest absolute Gasteiger partial charge is 0.347 e. The highest BCUT2D eigenvalue weighted by atomic mass is 32.2. The first-order valence-electron chi connectivity index (χ1n) is 9.71. The number of rotatable bonds is 8. The number of aromatic nitrogens is 1. The number of nitrogens with one attached hydrogen (secondary N) is 1. The zero-order valence-corrected chi connectivity index (χ0v) is 17.4. The van der Waals surface area contributed by atoms with E-state index in [-0.39, 0.29) is 5.82 Å². The van der Waals surface area contributed by atoms with Gasteiger partial charge in [-0.05, 0) is 35.6 Å². The van der Waals surface area contributed by atoms with Gasteiger partial charge in [0.05, 0.1) is 0 Å². The van der Waals surface area contributed by atoms with Crippen molar-refractivity contribution in [1.29, 1.82) is 0 Å². The fraction of sp³-hybridized carbons (Fsp3) is 0.391. The minimum absolute atomic E-state index is 0.151. The van der Waals surface area contributed by atoms with E-state index in [1.54, 1.807) is 18.0 Å². The molecule has 27 heavy (non-hydrogen) atoms. The molecule has 0 fully saturated rings. The van der Waals surface area contributed by atoms with E-state index in [4.69, 9.17) is 0 Å². The highest BCUT2D eigenvalue weighted by Crippen LogP contribution is 2.31. The van der Waals surface area contributed by atoms with Crippen LogP contribution in [0.15, 0.2) is 48.7 Å². The van der Waals surface area contributed by atoms with Gasteiger partial charge >= 0.3 is 0 Å². The molecule has 0 saturated carbocycles. The third-order valence-corrected chi connectivity index (χ3v) is 5.36. The highest BCUT2D eigenvalue weighted by Gasteiger charge is 2.14. The van der Waals surface area contributed by atoms with Crippen LogP contribution in [-0.4, -0.2) is 16.4 Å². The lowest BCUT2D eigenvalue weighted by Crippen LogP contribution is -2.11. The summed E-state index contributed by atoms with van der Waals surface area (Å²) in [7, 11) is 0. The molecule has 0 aliphatic carbocycles. The van der Waals surface area contributed by atoms with Gasteiger partial charge in [-0.25, -0.2) is 4.39 Å². The predicted molar refractivity (Wildman–Crippen MR) is 117 cm³/mol. The topological polar surface area (TPSA) is 17.0 Å². The molecule has 0 atom stereocenters. The van der Waals surface area contributed by atoms with Gasteiger partial charge in [-0.1, -0.05) is 70.0 Å². The van der Waals surface area contributed by atoms with E-state index < -0.39 is 0 Å². The number of fused-ring (bicyclic) bond motifs is 1. The molecule has 0 radical (unpaired) electrons. The molecule has 3 rings (SSSR count). The van der Waals surface area contributed by atoms with E-state index in [1.165, 1.54) is 5.56 Å². The molecule has 2 aromatic carbocycles. The van der Waals surface area contributed by atoms with Crippen LogP contribution in [0.5, 0.6) is 0 Å². The molecule has 1 heterocycles. The molecule has 0 spiro atoms. The van der Waals surface area contributed by atoms with E-state index in [2.05, 4.69) is 43.2 Å². The van der Waals surface area contributed by atoms with Crippen LogP contribution in [0.1, 0.15) is 33.3 Å². The summed E-state index contributed by atoms with van der Waals surface area (Å²) in [5.41, 5.74) is 3.92. The molecule has 0 aliphatic rings. The Morgan fingerprint density at radius 2 is 1.81 bits per heavy atom. The smallest absolute Gasteiger partial charge is 0.131 e. The molecule has 0 saturated heterocycles. The third-order valence-electron chi connectivity index (χ3n) is 4.51. The number of benzene rings is 2. The molecule has 3 aromatic rings. The second kappa shape index (κ2) is 8.94. The van der Waals surface area contributed by atoms with Crippen molar-refractivity contribution in [3.63, 3.8) is 0 Å². The Kier molecular flexibility index (Phi) is 6.61. The molecular formula is C23H29FN2S. The second-order valence-electron chi connectivity index (χ2n) is 7.73. The lowest BCUT2D eigenvalue weighted by Gasteiger charge is -2.10. The number of halogens is 1. The molecule has 0 bridgehead atoms. The van der Waals surface area contributed by atoms with Crippen molar-refractivity contribution < 1.29 is 4.39 Å². The maximum Gasteiger partial charge on any atom is 0.131 e. The van der Waals surface area contributed by atoms with Gasteiger partial charge in [0.1, 0.15) is 5.82 Å². The van der Waals surface area contributed by atoms with Crippen molar-refractivity contribution in [1.82, 2.24) is 9.29 Å². The minimum atomic E-state index is -0.151. The Bertz CT molecular complexity index is 884. The van der Waals surface area contributed by atoms with Crippen LogP contribution in [0.25, 0.3) is 22.0 Å². The van der Waals surface area contributed by atoms with E-state index in [0.717, 1.165) is 36.0 Å². The van der Waals surface area contributed by atoms with Gasteiger partial charge in [0.15, 0.2) is 0 Å². The van der Waals surface area contributed by atoms with E-state index in [9.17, 15) is 4.39 Å². The first-order valence-corrected chi connectivity index (χ1v) is 10.6. The summed E-state index contributed by atoms with van der Waals surface area (Å²) in [6.45, 7) is 10.6. The van der Waals surface area contributed by atoms with Crippen molar-refractivity contribution in [2.45, 2.75) is 45.9 Å². The first-order chi connectivity index (χ1) is 13.0. The van der Waals surface area contributed by atoms with Crippen molar-refractivity contribution in [3.05, 3.63) is 60.0 Å². The predicted octanol–water partition coefficient (Wildman–Crippen LogP) is 6.29. The summed E-state index contributed by atoms with van der Waals surface area (Å²) in [6, 6.07) is 13.5. The van der Waals surface area contributed by atoms with Gasteiger partial charge in [0.25, 0.3) is 0 Å². The maximum atomic E-state index is 14.9. The fourth-order valence-corrected chi connectivity index (χ4v) is 3.93. The molecule has 0 unspecified atom stereocenters. The Morgan fingerprint density at radius 1 is 1.07 bits per heavy atom. The van der Waals surface area contributed by atoms with Crippen LogP contribution in [0.3, 0.4) is 0 Å². The van der Waals surface area contributed by atoms with Crippen LogP contribution in [0.4, 0.5) is 4.39 Å². The average Bonchev–Trinajstić information content (AvgIpc) is 2.94. The number of hydrogen-bond acceptors (Lipinski definition) is 2. The lowest BCUT2D eigenvalue weighted by molar-refractivity contribution is 0.534. The summed E-state index contributed by atoms with van der Waals surface area (Å²) in [4.78, 5) is 0. The monoisotopic (exact) mass is 384 g/mol. The zero-order chi connectivity index (χ0) is 19.4. The molecular weight excluding hydrogens is 355 g/mol. The zero-order valence-electron chi connectivity index (χ0n) is 16.6. The van der Waals surface area contributed by atoms with Crippen LogP contribution in [0.2, 0.25) is 0 Å². The van der Waals surface area contributed by atoms with E-state index in [1.807, 2.05) is 36.4 Å². The van der Waals surface area contributed by atoms with Crippen molar-refractivity contribution in [3.8, 4) is 11.1 Å². The molecule has 1 aromatic heterocycles. The Hall–Kier alpha value is -1.78. The van der Waals surface area contributed by atoms with Gasteiger partial charge in [-0.2, -0.15) is 0 Å². The van der Waals surface area contributed by atoms with Gasteiger partial charge in [-0.15, -0.1) is 0 Å².